The molecule has 0 aliphatic heterocycles. The van der Waals surface area contributed by atoms with Gasteiger partial charge in [0.1, 0.15) is 0 Å². The number of benzene rings is 2. The Morgan fingerprint density at radius 1 is 0.422 bits per heavy atom. The molecule has 0 heterocycles. The van der Waals surface area contributed by atoms with Crippen LogP contribution >= 0.6 is 0 Å². The summed E-state index contributed by atoms with van der Waals surface area (Å²) in [7, 11) is 0. The molecular formula is C56H86O8. The molecule has 2 saturated carbocycles. The molecule has 4 rings (SSSR count). The highest BCUT2D eigenvalue weighted by Gasteiger charge is 2.43. The van der Waals surface area contributed by atoms with E-state index in [1.165, 1.54) is 128 Å². The summed E-state index contributed by atoms with van der Waals surface area (Å²) in [6.45, 7) is 8.59. The highest BCUT2D eigenvalue weighted by Crippen LogP contribution is 2.36. The van der Waals surface area contributed by atoms with Crippen LogP contribution in [-0.4, -0.2) is 49.3 Å². The second-order valence-corrected chi connectivity index (χ2v) is 19.3. The zero-order chi connectivity index (χ0) is 45.8. The molecule has 2 aromatic rings. The summed E-state index contributed by atoms with van der Waals surface area (Å²) in [5.41, 5.74) is 2.68. The van der Waals surface area contributed by atoms with E-state index in [0.29, 0.717) is 12.8 Å². The van der Waals surface area contributed by atoms with Gasteiger partial charge in [0, 0.05) is 0 Å². The molecule has 2 aromatic carbocycles. The molecule has 2 atom stereocenters. The fraction of sp³-hybridized carbons (Fsp3) is 0.714. The van der Waals surface area contributed by atoms with Gasteiger partial charge in [-0.3, -0.25) is 0 Å². The van der Waals surface area contributed by atoms with Crippen LogP contribution < -0.4 is 0 Å². The van der Waals surface area contributed by atoms with Gasteiger partial charge < -0.3 is 18.9 Å². The average molecular weight is 887 g/mol. The van der Waals surface area contributed by atoms with Crippen LogP contribution in [0, 0.1) is 23.7 Å². The van der Waals surface area contributed by atoms with E-state index < -0.39 is 36.1 Å². The molecule has 2 aliphatic carbocycles. The van der Waals surface area contributed by atoms with Crippen molar-refractivity contribution in [3.63, 3.8) is 0 Å². The van der Waals surface area contributed by atoms with Gasteiger partial charge in [-0.15, -0.1) is 0 Å². The number of hydrogen-bond acceptors (Lipinski definition) is 8. The van der Waals surface area contributed by atoms with Gasteiger partial charge in [-0.2, -0.15) is 0 Å². The van der Waals surface area contributed by atoms with Crippen LogP contribution in [0.4, 0.5) is 0 Å². The third-order valence-electron chi connectivity index (χ3n) is 14.1. The Kier molecular flexibility index (Phi) is 25.9. The number of hydrogen-bond donors (Lipinski definition) is 0. The van der Waals surface area contributed by atoms with E-state index in [0.717, 1.165) is 73.3 Å². The number of esters is 4. The van der Waals surface area contributed by atoms with E-state index in [1.807, 2.05) is 38.1 Å². The Labute approximate surface area is 388 Å². The molecule has 8 heteroatoms. The lowest BCUT2D eigenvalue weighted by Gasteiger charge is -2.28. The van der Waals surface area contributed by atoms with Crippen LogP contribution in [-0.2, 0) is 41.4 Å². The Hall–Kier alpha value is -3.68. The molecule has 0 spiro atoms. The SMILES string of the molecule is CCCCC[C@H]1CC[C@H](CCCCc2ccc(C(=O)O[C@@H](C(=O)OCCCC)[C@@H](OC(=O)c3ccc(CCCC[C@H]4CC[C@H](CCCCC)CC4)cc3)C(=O)OCCCC)cc2)CC1. The van der Waals surface area contributed by atoms with Crippen molar-refractivity contribution in [3.05, 3.63) is 70.8 Å². The van der Waals surface area contributed by atoms with Crippen molar-refractivity contribution in [1.29, 1.82) is 0 Å². The summed E-state index contributed by atoms with van der Waals surface area (Å²) >= 11 is 0. The number of aryl methyl sites for hydroxylation is 2. The molecular weight excluding hydrogens is 801 g/mol. The largest absolute Gasteiger partial charge is 0.463 e. The fourth-order valence-corrected chi connectivity index (χ4v) is 9.76. The van der Waals surface area contributed by atoms with Crippen molar-refractivity contribution >= 4 is 23.9 Å². The van der Waals surface area contributed by atoms with Crippen molar-refractivity contribution < 1.29 is 38.1 Å². The van der Waals surface area contributed by atoms with Gasteiger partial charge in [0.15, 0.2) is 0 Å². The molecule has 8 nitrogen and oxygen atoms in total. The van der Waals surface area contributed by atoms with Crippen molar-refractivity contribution in [2.45, 2.75) is 220 Å². The predicted octanol–water partition coefficient (Wildman–Crippen LogP) is 14.3. The Bertz CT molecular complexity index is 1470. The van der Waals surface area contributed by atoms with Gasteiger partial charge in [-0.25, -0.2) is 19.2 Å². The van der Waals surface area contributed by atoms with Gasteiger partial charge in [0.2, 0.25) is 12.2 Å². The monoisotopic (exact) mass is 887 g/mol. The second kappa shape index (κ2) is 31.3. The summed E-state index contributed by atoms with van der Waals surface area (Å²) < 4.78 is 22.4. The van der Waals surface area contributed by atoms with Gasteiger partial charge in [0.25, 0.3) is 0 Å². The lowest BCUT2D eigenvalue weighted by molar-refractivity contribution is -0.174. The summed E-state index contributed by atoms with van der Waals surface area (Å²) in [5, 5.41) is 0. The van der Waals surface area contributed by atoms with Gasteiger partial charge in [-0.05, 0) is 97.6 Å². The van der Waals surface area contributed by atoms with E-state index in [-0.39, 0.29) is 24.3 Å². The highest BCUT2D eigenvalue weighted by atomic mass is 16.6. The highest BCUT2D eigenvalue weighted by molar-refractivity contribution is 5.96. The average Bonchev–Trinajstić information content (AvgIpc) is 3.31. The molecule has 0 aromatic heterocycles. The van der Waals surface area contributed by atoms with E-state index >= 15 is 0 Å². The molecule has 0 amide bonds. The van der Waals surface area contributed by atoms with E-state index in [1.54, 1.807) is 24.3 Å². The van der Waals surface area contributed by atoms with E-state index in [2.05, 4.69) is 13.8 Å². The van der Waals surface area contributed by atoms with Crippen molar-refractivity contribution in [2.75, 3.05) is 13.2 Å². The summed E-state index contributed by atoms with van der Waals surface area (Å²) in [6, 6.07) is 14.4. The number of carbonyl (C=O) groups is 4. The molecule has 2 fully saturated rings. The minimum atomic E-state index is -1.86. The summed E-state index contributed by atoms with van der Waals surface area (Å²) in [5.74, 6) is -0.0278. The Morgan fingerprint density at radius 3 is 1.02 bits per heavy atom. The van der Waals surface area contributed by atoms with E-state index in [4.69, 9.17) is 18.9 Å². The number of rotatable bonds is 31. The third-order valence-corrected chi connectivity index (χ3v) is 14.1. The van der Waals surface area contributed by atoms with Crippen LogP contribution in [0.25, 0.3) is 0 Å². The standard InChI is InChI=1S/C56H86O8/c1-5-9-13-19-43-25-29-45(30-26-43)21-15-17-23-47-33-37-49(38-34-47)53(57)63-51(55(59)61-41-11-7-3)52(56(60)62-42-12-8-4)64-54(58)50-39-35-48(36-40-50)24-18-16-22-46-31-27-44(28-32-46)20-14-10-6-2/h33-40,43-46,51-52H,5-32,41-42H2,1-4H3/t43-,44-,45-,46-,51-,52-/m1/s1. The molecule has 0 unspecified atom stereocenters. The smallest absolute Gasteiger partial charge is 0.352 e. The van der Waals surface area contributed by atoms with Crippen molar-refractivity contribution in [1.82, 2.24) is 0 Å². The quantitative estimate of drug-likeness (QED) is 0.0419. The second-order valence-electron chi connectivity index (χ2n) is 19.3. The summed E-state index contributed by atoms with van der Waals surface area (Å²) in [4.78, 5) is 54.5. The maximum absolute atomic E-state index is 13.6. The normalized spacial score (nSPS) is 19.6. The first-order valence-electron chi connectivity index (χ1n) is 26.2. The first-order valence-corrected chi connectivity index (χ1v) is 26.2. The van der Waals surface area contributed by atoms with Crippen LogP contribution in [0.1, 0.15) is 226 Å². The first-order chi connectivity index (χ1) is 31.2. The molecule has 0 N–H and O–H groups in total. The zero-order valence-electron chi connectivity index (χ0n) is 40.6. The lowest BCUT2D eigenvalue weighted by Crippen LogP contribution is -2.47. The number of ether oxygens (including phenoxy) is 4. The number of carbonyl (C=O) groups excluding carboxylic acids is 4. The van der Waals surface area contributed by atoms with Gasteiger partial charge in [-0.1, -0.05) is 193 Å². The van der Waals surface area contributed by atoms with Crippen LogP contribution in [0.5, 0.6) is 0 Å². The molecule has 0 radical (unpaired) electrons. The minimum absolute atomic E-state index is 0.0612. The van der Waals surface area contributed by atoms with Gasteiger partial charge in [0.05, 0.1) is 24.3 Å². The van der Waals surface area contributed by atoms with Crippen molar-refractivity contribution in [3.8, 4) is 0 Å². The maximum Gasteiger partial charge on any atom is 0.352 e. The van der Waals surface area contributed by atoms with Gasteiger partial charge >= 0.3 is 23.9 Å². The first kappa shape index (κ1) is 52.9. The molecule has 0 bridgehead atoms. The summed E-state index contributed by atoms with van der Waals surface area (Å²) in [6.07, 6.45) is 29.8. The minimum Gasteiger partial charge on any atom is -0.463 e. The third kappa shape index (κ3) is 19.8. The molecule has 64 heavy (non-hydrogen) atoms. The fourth-order valence-electron chi connectivity index (χ4n) is 9.76. The topological polar surface area (TPSA) is 105 Å². The van der Waals surface area contributed by atoms with Crippen LogP contribution in [0.3, 0.4) is 0 Å². The molecule has 358 valence electrons. The Morgan fingerprint density at radius 2 is 0.719 bits per heavy atom. The molecule has 0 saturated heterocycles. The van der Waals surface area contributed by atoms with Crippen LogP contribution in [0.2, 0.25) is 0 Å². The molecule has 2 aliphatic rings. The van der Waals surface area contributed by atoms with Crippen LogP contribution in [0.15, 0.2) is 48.5 Å². The zero-order valence-corrected chi connectivity index (χ0v) is 40.6. The van der Waals surface area contributed by atoms with Crippen molar-refractivity contribution in [2.24, 2.45) is 23.7 Å². The maximum atomic E-state index is 13.6. The van der Waals surface area contributed by atoms with E-state index in [9.17, 15) is 19.2 Å². The number of unbranched alkanes of at least 4 members (excludes halogenated alkanes) is 8. The lowest BCUT2D eigenvalue weighted by atomic mass is 9.78. The predicted molar refractivity (Wildman–Crippen MR) is 257 cm³/mol. The Balaban J connectivity index is 1.31.